The van der Waals surface area contributed by atoms with Crippen LogP contribution >= 0.6 is 0 Å². The molecule has 1 unspecified atom stereocenters. The highest BCUT2D eigenvalue weighted by Crippen LogP contribution is 2.12. The minimum Gasteiger partial charge on any atom is -0.462 e. The molecular weight excluding hydrogens is 540 g/mol. The summed E-state index contributed by atoms with van der Waals surface area (Å²) in [4.78, 5) is 37.0. The summed E-state index contributed by atoms with van der Waals surface area (Å²) in [7, 11) is 0. The third-order valence-corrected chi connectivity index (χ3v) is 7.39. The van der Waals surface area contributed by atoms with Crippen molar-refractivity contribution in [2.75, 3.05) is 13.2 Å². The van der Waals surface area contributed by atoms with E-state index >= 15 is 0 Å². The Kier molecular flexibility index (Phi) is 31.2. The Morgan fingerprint density at radius 3 is 1.26 bits per heavy atom. The van der Waals surface area contributed by atoms with Gasteiger partial charge in [0.2, 0.25) is 0 Å². The second-order valence-corrected chi connectivity index (χ2v) is 11.8. The van der Waals surface area contributed by atoms with Crippen LogP contribution in [0, 0.1) is 0 Å². The van der Waals surface area contributed by atoms with Crippen LogP contribution in [0.15, 0.2) is 24.3 Å². The third-order valence-electron chi connectivity index (χ3n) is 7.39. The smallest absolute Gasteiger partial charge is 0.306 e. The van der Waals surface area contributed by atoms with Gasteiger partial charge in [-0.25, -0.2) is 0 Å². The van der Waals surface area contributed by atoms with Crippen LogP contribution in [0.2, 0.25) is 0 Å². The van der Waals surface area contributed by atoms with Crippen molar-refractivity contribution in [3.05, 3.63) is 24.3 Å². The quantitative estimate of drug-likeness (QED) is 0.0338. The number of allylic oxidation sites excluding steroid dienone is 4. The maximum absolute atomic E-state index is 12.5. The van der Waals surface area contributed by atoms with Crippen LogP contribution in [-0.4, -0.2) is 37.2 Å². The van der Waals surface area contributed by atoms with E-state index in [1.165, 1.54) is 38.5 Å². The highest BCUT2D eigenvalue weighted by Gasteiger charge is 2.19. The van der Waals surface area contributed by atoms with Crippen molar-refractivity contribution in [1.82, 2.24) is 0 Å². The van der Waals surface area contributed by atoms with Crippen molar-refractivity contribution in [2.24, 2.45) is 0 Å². The molecule has 0 aliphatic heterocycles. The molecule has 0 aliphatic carbocycles. The number of rotatable bonds is 31. The number of unbranched alkanes of at least 4 members (excludes halogenated alkanes) is 16. The van der Waals surface area contributed by atoms with Crippen molar-refractivity contribution in [3.8, 4) is 0 Å². The van der Waals surface area contributed by atoms with E-state index in [-0.39, 0.29) is 31.1 Å². The van der Waals surface area contributed by atoms with Crippen LogP contribution < -0.4 is 0 Å². The normalized spacial score (nSPS) is 12.2. The second-order valence-electron chi connectivity index (χ2n) is 11.8. The van der Waals surface area contributed by atoms with Crippen molar-refractivity contribution >= 4 is 17.9 Å². The molecule has 0 rings (SSSR count). The number of esters is 3. The van der Waals surface area contributed by atoms with Gasteiger partial charge in [0.1, 0.15) is 13.2 Å². The Labute approximate surface area is 264 Å². The van der Waals surface area contributed by atoms with Gasteiger partial charge in [-0.3, -0.25) is 14.4 Å². The zero-order valence-electron chi connectivity index (χ0n) is 28.2. The SMILES string of the molecule is CCC/C=C\CCCCCCCC(=O)OCC(COC(=O)CCCCCCC)OC(=O)CCCCCCC/C=C\CCC. The van der Waals surface area contributed by atoms with Gasteiger partial charge >= 0.3 is 17.9 Å². The molecule has 0 spiro atoms. The number of hydrogen-bond acceptors (Lipinski definition) is 6. The number of carbonyl (C=O) groups is 3. The van der Waals surface area contributed by atoms with Crippen LogP contribution in [0.25, 0.3) is 0 Å². The molecule has 0 saturated carbocycles. The van der Waals surface area contributed by atoms with Crippen LogP contribution in [0.5, 0.6) is 0 Å². The van der Waals surface area contributed by atoms with E-state index < -0.39 is 6.10 Å². The van der Waals surface area contributed by atoms with Crippen LogP contribution in [0.4, 0.5) is 0 Å². The van der Waals surface area contributed by atoms with Gasteiger partial charge in [-0.05, 0) is 57.8 Å². The summed E-state index contributed by atoms with van der Waals surface area (Å²) >= 11 is 0. The Hall–Kier alpha value is -2.11. The molecule has 43 heavy (non-hydrogen) atoms. The van der Waals surface area contributed by atoms with Crippen LogP contribution in [0.3, 0.4) is 0 Å². The predicted octanol–water partition coefficient (Wildman–Crippen LogP) is 10.5. The van der Waals surface area contributed by atoms with Gasteiger partial charge in [0.25, 0.3) is 0 Å². The zero-order valence-corrected chi connectivity index (χ0v) is 28.2. The lowest BCUT2D eigenvalue weighted by molar-refractivity contribution is -0.167. The lowest BCUT2D eigenvalue weighted by Gasteiger charge is -2.18. The first-order valence-electron chi connectivity index (χ1n) is 17.8. The van der Waals surface area contributed by atoms with Crippen molar-refractivity contribution < 1.29 is 28.6 Å². The van der Waals surface area contributed by atoms with E-state index in [1.54, 1.807) is 0 Å². The van der Waals surface area contributed by atoms with E-state index in [0.717, 1.165) is 96.3 Å². The van der Waals surface area contributed by atoms with Crippen LogP contribution in [0.1, 0.15) is 175 Å². The molecule has 0 radical (unpaired) electrons. The standard InChI is InChI=1S/C37H66O6/c1-4-7-10-13-15-17-19-21-24-27-30-36(39)42-33-34(32-41-35(38)29-26-23-12-9-6-3)43-37(40)31-28-25-22-20-18-16-14-11-8-5-2/h10-11,13-14,34H,4-9,12,15-33H2,1-3H3/b13-10-,14-11-. The first-order chi connectivity index (χ1) is 21.0. The summed E-state index contributed by atoms with van der Waals surface area (Å²) in [6, 6.07) is 0. The maximum Gasteiger partial charge on any atom is 0.306 e. The molecule has 0 aromatic heterocycles. The minimum atomic E-state index is -0.767. The summed E-state index contributed by atoms with van der Waals surface area (Å²) in [5.41, 5.74) is 0. The molecule has 0 aromatic carbocycles. The summed E-state index contributed by atoms with van der Waals surface area (Å²) < 4.78 is 16.4. The third kappa shape index (κ3) is 31.1. The Balaban J connectivity index is 4.35. The van der Waals surface area contributed by atoms with Gasteiger partial charge in [0.05, 0.1) is 0 Å². The summed E-state index contributed by atoms with van der Waals surface area (Å²) in [6.45, 7) is 6.37. The Morgan fingerprint density at radius 2 is 0.814 bits per heavy atom. The van der Waals surface area contributed by atoms with Gasteiger partial charge < -0.3 is 14.2 Å². The monoisotopic (exact) mass is 606 g/mol. The number of hydrogen-bond donors (Lipinski definition) is 0. The molecule has 0 fully saturated rings. The molecule has 0 aliphatic rings. The molecule has 0 saturated heterocycles. The van der Waals surface area contributed by atoms with Crippen LogP contribution in [-0.2, 0) is 28.6 Å². The fourth-order valence-corrected chi connectivity index (χ4v) is 4.68. The number of ether oxygens (including phenoxy) is 3. The molecule has 6 heteroatoms. The molecule has 0 aromatic rings. The maximum atomic E-state index is 12.5. The van der Waals surface area contributed by atoms with Gasteiger partial charge in [0, 0.05) is 19.3 Å². The first kappa shape index (κ1) is 40.9. The molecule has 6 nitrogen and oxygen atoms in total. The summed E-state index contributed by atoms with van der Waals surface area (Å²) in [5.74, 6) is -0.923. The average Bonchev–Trinajstić information content (AvgIpc) is 3.00. The minimum absolute atomic E-state index is 0.0783. The molecule has 0 N–H and O–H groups in total. The lowest BCUT2D eigenvalue weighted by Crippen LogP contribution is -2.30. The molecule has 1 atom stereocenters. The van der Waals surface area contributed by atoms with E-state index in [1.807, 2.05) is 0 Å². The highest BCUT2D eigenvalue weighted by atomic mass is 16.6. The van der Waals surface area contributed by atoms with Crippen molar-refractivity contribution in [2.45, 2.75) is 181 Å². The summed E-state index contributed by atoms with van der Waals surface area (Å²) in [6.07, 6.45) is 31.9. The topological polar surface area (TPSA) is 78.9 Å². The highest BCUT2D eigenvalue weighted by molar-refractivity contribution is 5.71. The number of carbonyl (C=O) groups excluding carboxylic acids is 3. The molecule has 250 valence electrons. The van der Waals surface area contributed by atoms with E-state index in [9.17, 15) is 14.4 Å². The summed E-state index contributed by atoms with van der Waals surface area (Å²) in [5, 5.41) is 0. The fraction of sp³-hybridized carbons (Fsp3) is 0.811. The van der Waals surface area contributed by atoms with Gasteiger partial charge in [-0.2, -0.15) is 0 Å². The van der Waals surface area contributed by atoms with E-state index in [0.29, 0.717) is 19.3 Å². The van der Waals surface area contributed by atoms with E-state index in [4.69, 9.17) is 14.2 Å². The van der Waals surface area contributed by atoms with Gasteiger partial charge in [-0.1, -0.05) is 122 Å². The molecule has 0 heterocycles. The largest absolute Gasteiger partial charge is 0.462 e. The Morgan fingerprint density at radius 1 is 0.442 bits per heavy atom. The van der Waals surface area contributed by atoms with Crippen molar-refractivity contribution in [1.29, 1.82) is 0 Å². The lowest BCUT2D eigenvalue weighted by atomic mass is 10.1. The predicted molar refractivity (Wildman–Crippen MR) is 178 cm³/mol. The molecular formula is C37H66O6. The zero-order chi connectivity index (χ0) is 31.6. The fourth-order valence-electron chi connectivity index (χ4n) is 4.68. The van der Waals surface area contributed by atoms with Gasteiger partial charge in [0.15, 0.2) is 6.10 Å². The first-order valence-corrected chi connectivity index (χ1v) is 17.8. The van der Waals surface area contributed by atoms with Crippen molar-refractivity contribution in [3.63, 3.8) is 0 Å². The molecule has 0 amide bonds. The Bertz CT molecular complexity index is 714. The van der Waals surface area contributed by atoms with E-state index in [2.05, 4.69) is 45.1 Å². The van der Waals surface area contributed by atoms with Gasteiger partial charge in [-0.15, -0.1) is 0 Å². The average molecular weight is 607 g/mol. The second kappa shape index (κ2) is 32.8. The molecule has 0 bridgehead atoms.